The third kappa shape index (κ3) is 4.24. The average Bonchev–Trinajstić information content (AvgIpc) is 2.47. The van der Waals surface area contributed by atoms with Crippen LogP contribution < -0.4 is 5.43 Å². The van der Waals surface area contributed by atoms with Crippen LogP contribution in [0, 0.1) is 11.3 Å². The quantitative estimate of drug-likeness (QED) is 0.843. The lowest BCUT2D eigenvalue weighted by atomic mass is 10.00. The zero-order chi connectivity index (χ0) is 14.4. The van der Waals surface area contributed by atoms with Crippen LogP contribution in [-0.2, 0) is 0 Å². The Morgan fingerprint density at radius 2 is 1.95 bits per heavy atom. The summed E-state index contributed by atoms with van der Waals surface area (Å²) < 4.78 is 0. The van der Waals surface area contributed by atoms with E-state index in [-0.39, 0.29) is 6.04 Å². The summed E-state index contributed by atoms with van der Waals surface area (Å²) in [6.45, 7) is 4.48. The molecule has 0 saturated carbocycles. The van der Waals surface area contributed by atoms with Crippen molar-refractivity contribution in [3.05, 3.63) is 30.3 Å². The number of benzene rings is 1. The van der Waals surface area contributed by atoms with E-state index in [9.17, 15) is 5.26 Å². The normalized spacial score (nSPS) is 25.1. The van der Waals surface area contributed by atoms with Crippen molar-refractivity contribution in [2.24, 2.45) is 0 Å². The van der Waals surface area contributed by atoms with Gasteiger partial charge in [0.2, 0.25) is 0 Å². The van der Waals surface area contributed by atoms with Gasteiger partial charge >= 0.3 is 0 Å². The Labute approximate surface area is 126 Å². The van der Waals surface area contributed by atoms with Gasteiger partial charge in [-0.05, 0) is 38.8 Å². The molecule has 1 fully saturated rings. The molecular formula is C16H23N3S. The van der Waals surface area contributed by atoms with Gasteiger partial charge in [-0.1, -0.05) is 24.6 Å². The molecule has 3 unspecified atom stereocenters. The highest BCUT2D eigenvalue weighted by molar-refractivity contribution is 7.99. The molecule has 0 amide bonds. The molecule has 20 heavy (non-hydrogen) atoms. The Hall–Kier alpha value is -1.02. The lowest BCUT2D eigenvalue weighted by molar-refractivity contribution is 0.0406. The van der Waals surface area contributed by atoms with Gasteiger partial charge < -0.3 is 0 Å². The largest absolute Gasteiger partial charge is 0.238 e. The molecule has 3 nitrogen and oxygen atoms in total. The average molecular weight is 289 g/mol. The number of nitrogens with zero attached hydrogens (tertiary/aromatic N) is 2. The first-order valence-corrected chi connectivity index (χ1v) is 8.31. The minimum absolute atomic E-state index is 0.136. The number of nitriles is 1. The molecule has 4 heteroatoms. The number of nitrogens with one attached hydrogen (secondary N) is 1. The first kappa shape index (κ1) is 15.4. The molecule has 1 aliphatic heterocycles. The second-order valence-electron chi connectivity index (χ2n) is 5.47. The first-order chi connectivity index (χ1) is 9.70. The molecule has 1 aliphatic rings. The van der Waals surface area contributed by atoms with Gasteiger partial charge in [-0.2, -0.15) is 5.26 Å². The fourth-order valence-electron chi connectivity index (χ4n) is 2.66. The molecule has 108 valence electrons. The molecule has 0 spiro atoms. The van der Waals surface area contributed by atoms with E-state index in [4.69, 9.17) is 0 Å². The van der Waals surface area contributed by atoms with Crippen LogP contribution in [0.4, 0.5) is 0 Å². The predicted molar refractivity (Wildman–Crippen MR) is 84.3 cm³/mol. The van der Waals surface area contributed by atoms with E-state index < -0.39 is 0 Å². The van der Waals surface area contributed by atoms with Crippen LogP contribution in [-0.4, -0.2) is 28.9 Å². The van der Waals surface area contributed by atoms with Crippen molar-refractivity contribution in [3.63, 3.8) is 0 Å². The molecule has 2 rings (SSSR count). The summed E-state index contributed by atoms with van der Waals surface area (Å²) in [5, 5.41) is 11.6. The van der Waals surface area contributed by atoms with Crippen LogP contribution in [0.15, 0.2) is 35.2 Å². The summed E-state index contributed by atoms with van der Waals surface area (Å²) in [6.07, 6.45) is 3.71. The molecule has 0 aliphatic carbocycles. The van der Waals surface area contributed by atoms with Gasteiger partial charge in [0, 0.05) is 22.7 Å². The standard InChI is InChI=1S/C16H23N3S/c1-13-7-6-8-14(2)19(13)18-15(11-17)12-20-16-9-4-3-5-10-16/h3-5,9-10,13-15,18H,6-8,12H2,1-2H3. The summed E-state index contributed by atoms with van der Waals surface area (Å²) in [6, 6.07) is 13.5. The SMILES string of the molecule is CC1CCCC(C)N1NC(C#N)CSc1ccccc1. The minimum atomic E-state index is -0.136. The van der Waals surface area contributed by atoms with E-state index in [1.165, 1.54) is 24.2 Å². The van der Waals surface area contributed by atoms with Gasteiger partial charge in [0.05, 0.1) is 6.07 Å². The fraction of sp³-hybridized carbons (Fsp3) is 0.562. The molecule has 1 aromatic rings. The molecule has 0 aromatic heterocycles. The van der Waals surface area contributed by atoms with Crippen molar-refractivity contribution in [1.82, 2.24) is 10.4 Å². The van der Waals surface area contributed by atoms with Gasteiger partial charge in [-0.3, -0.25) is 0 Å². The smallest absolute Gasteiger partial charge is 0.117 e. The topological polar surface area (TPSA) is 39.1 Å². The summed E-state index contributed by atoms with van der Waals surface area (Å²) in [5.74, 6) is 0.774. The van der Waals surface area contributed by atoms with Gasteiger partial charge in [0.25, 0.3) is 0 Å². The van der Waals surface area contributed by atoms with Gasteiger partial charge in [-0.25, -0.2) is 10.4 Å². The van der Waals surface area contributed by atoms with Crippen molar-refractivity contribution < 1.29 is 0 Å². The maximum Gasteiger partial charge on any atom is 0.117 e. The highest BCUT2D eigenvalue weighted by Crippen LogP contribution is 2.22. The Kier molecular flexibility index (Phi) is 5.90. The van der Waals surface area contributed by atoms with E-state index in [2.05, 4.69) is 42.5 Å². The highest BCUT2D eigenvalue weighted by atomic mass is 32.2. The summed E-state index contributed by atoms with van der Waals surface area (Å²) in [5.41, 5.74) is 3.43. The van der Waals surface area contributed by atoms with E-state index in [0.717, 1.165) is 5.75 Å². The molecule has 3 atom stereocenters. The number of hydrogen-bond acceptors (Lipinski definition) is 4. The Morgan fingerprint density at radius 3 is 2.55 bits per heavy atom. The van der Waals surface area contributed by atoms with Crippen molar-refractivity contribution in [2.45, 2.75) is 56.1 Å². The monoisotopic (exact) mass is 289 g/mol. The van der Waals surface area contributed by atoms with Crippen molar-refractivity contribution in [3.8, 4) is 6.07 Å². The van der Waals surface area contributed by atoms with Crippen molar-refractivity contribution >= 4 is 11.8 Å². The van der Waals surface area contributed by atoms with Crippen LogP contribution in [0.5, 0.6) is 0 Å². The molecule has 1 saturated heterocycles. The summed E-state index contributed by atoms with van der Waals surface area (Å²) in [4.78, 5) is 1.22. The lowest BCUT2D eigenvalue weighted by Crippen LogP contribution is -2.55. The molecule has 0 bridgehead atoms. The third-order valence-electron chi connectivity index (χ3n) is 3.81. The van der Waals surface area contributed by atoms with Gasteiger partial charge in [-0.15, -0.1) is 11.8 Å². The van der Waals surface area contributed by atoms with E-state index in [1.54, 1.807) is 11.8 Å². The Morgan fingerprint density at radius 1 is 1.30 bits per heavy atom. The fourth-order valence-corrected chi connectivity index (χ4v) is 3.51. The van der Waals surface area contributed by atoms with Crippen LogP contribution in [0.3, 0.4) is 0 Å². The van der Waals surface area contributed by atoms with E-state index in [0.29, 0.717) is 12.1 Å². The molecule has 0 radical (unpaired) electrons. The lowest BCUT2D eigenvalue weighted by Gasteiger charge is -2.40. The summed E-state index contributed by atoms with van der Waals surface area (Å²) in [7, 11) is 0. The maximum absolute atomic E-state index is 9.35. The number of thioether (sulfide) groups is 1. The zero-order valence-electron chi connectivity index (χ0n) is 12.2. The Bertz CT molecular complexity index is 433. The zero-order valence-corrected chi connectivity index (χ0v) is 13.1. The second kappa shape index (κ2) is 7.68. The van der Waals surface area contributed by atoms with Gasteiger partial charge in [0.15, 0.2) is 0 Å². The first-order valence-electron chi connectivity index (χ1n) is 7.32. The minimum Gasteiger partial charge on any atom is -0.238 e. The number of hydrazine groups is 1. The number of piperidine rings is 1. The van der Waals surface area contributed by atoms with Crippen LogP contribution >= 0.6 is 11.8 Å². The van der Waals surface area contributed by atoms with Crippen molar-refractivity contribution in [1.29, 1.82) is 5.26 Å². The van der Waals surface area contributed by atoms with Crippen LogP contribution in [0.25, 0.3) is 0 Å². The number of hydrogen-bond donors (Lipinski definition) is 1. The number of rotatable bonds is 5. The van der Waals surface area contributed by atoms with Crippen LogP contribution in [0.2, 0.25) is 0 Å². The molecular weight excluding hydrogens is 266 g/mol. The molecule has 1 aromatic carbocycles. The van der Waals surface area contributed by atoms with E-state index in [1.807, 2.05) is 18.2 Å². The van der Waals surface area contributed by atoms with Crippen LogP contribution in [0.1, 0.15) is 33.1 Å². The second-order valence-corrected chi connectivity index (χ2v) is 6.56. The highest BCUT2D eigenvalue weighted by Gasteiger charge is 2.26. The third-order valence-corrected chi connectivity index (χ3v) is 4.92. The van der Waals surface area contributed by atoms with Gasteiger partial charge in [0.1, 0.15) is 6.04 Å². The maximum atomic E-state index is 9.35. The van der Waals surface area contributed by atoms with Crippen molar-refractivity contribution in [2.75, 3.05) is 5.75 Å². The van der Waals surface area contributed by atoms with E-state index >= 15 is 0 Å². The predicted octanol–water partition coefficient (Wildman–Crippen LogP) is 3.44. The Balaban J connectivity index is 1.87. The molecule has 1 N–H and O–H groups in total. The summed E-state index contributed by atoms with van der Waals surface area (Å²) >= 11 is 1.73. The molecule has 1 heterocycles.